The number of benzene rings is 1. The number of nitrogens with zero attached hydrogens (tertiary/aromatic N) is 2. The molecule has 0 spiro atoms. The zero-order chi connectivity index (χ0) is 14.9. The first kappa shape index (κ1) is 14.8. The minimum absolute atomic E-state index is 0.198. The van der Waals surface area contributed by atoms with Crippen LogP contribution >= 0.6 is 0 Å². The van der Waals surface area contributed by atoms with Crippen LogP contribution in [-0.2, 0) is 6.54 Å². The Morgan fingerprint density at radius 1 is 1.20 bits per heavy atom. The second kappa shape index (κ2) is 5.41. The third kappa shape index (κ3) is 2.63. The molecule has 0 saturated carbocycles. The van der Waals surface area contributed by atoms with Gasteiger partial charge in [0, 0.05) is 31.2 Å². The van der Waals surface area contributed by atoms with Crippen LogP contribution in [0.1, 0.15) is 33.3 Å². The molecule has 1 atom stereocenters. The summed E-state index contributed by atoms with van der Waals surface area (Å²) < 4.78 is 0. The van der Waals surface area contributed by atoms with Crippen molar-refractivity contribution < 1.29 is 0 Å². The highest BCUT2D eigenvalue weighted by atomic mass is 15.2. The van der Waals surface area contributed by atoms with Gasteiger partial charge < -0.3 is 10.6 Å². The Morgan fingerprint density at radius 3 is 2.35 bits per heavy atom. The third-order valence-electron chi connectivity index (χ3n) is 4.24. The summed E-state index contributed by atoms with van der Waals surface area (Å²) in [4.78, 5) is 6.92. The van der Waals surface area contributed by atoms with E-state index in [0.29, 0.717) is 12.6 Å². The number of anilines is 1. The highest BCUT2D eigenvalue weighted by Crippen LogP contribution is 2.31. The SMILES string of the molecule is CC(N(C)c1ncc(CN)c2ccccc12)C(C)(C)C. The molecule has 1 aromatic heterocycles. The number of hydrogen-bond acceptors (Lipinski definition) is 3. The van der Waals surface area contributed by atoms with Crippen LogP contribution in [0.4, 0.5) is 5.82 Å². The first-order valence-electron chi connectivity index (χ1n) is 7.15. The van der Waals surface area contributed by atoms with E-state index < -0.39 is 0 Å². The zero-order valence-corrected chi connectivity index (χ0v) is 13.1. The molecule has 3 nitrogen and oxygen atoms in total. The topological polar surface area (TPSA) is 42.2 Å². The number of fused-ring (bicyclic) bond motifs is 1. The molecule has 2 N–H and O–H groups in total. The van der Waals surface area contributed by atoms with Gasteiger partial charge in [-0.2, -0.15) is 0 Å². The normalized spacial score (nSPS) is 13.5. The molecule has 2 rings (SSSR count). The minimum atomic E-state index is 0.198. The summed E-state index contributed by atoms with van der Waals surface area (Å²) in [5.74, 6) is 1.03. The van der Waals surface area contributed by atoms with Crippen LogP contribution in [-0.4, -0.2) is 18.1 Å². The lowest BCUT2D eigenvalue weighted by Crippen LogP contribution is -2.39. The Hall–Kier alpha value is -1.61. The molecule has 0 aliphatic rings. The second-order valence-corrected chi connectivity index (χ2v) is 6.51. The van der Waals surface area contributed by atoms with Gasteiger partial charge in [0.15, 0.2) is 0 Å². The Balaban J connectivity index is 2.56. The van der Waals surface area contributed by atoms with E-state index in [1.54, 1.807) is 0 Å². The van der Waals surface area contributed by atoms with Gasteiger partial charge in [0.1, 0.15) is 5.82 Å². The van der Waals surface area contributed by atoms with Crippen molar-refractivity contribution in [2.45, 2.75) is 40.3 Å². The molecule has 20 heavy (non-hydrogen) atoms. The van der Waals surface area contributed by atoms with E-state index in [1.807, 2.05) is 6.20 Å². The fourth-order valence-electron chi connectivity index (χ4n) is 2.44. The van der Waals surface area contributed by atoms with E-state index in [4.69, 9.17) is 5.73 Å². The molecule has 0 aliphatic carbocycles. The van der Waals surface area contributed by atoms with Gasteiger partial charge in [-0.15, -0.1) is 0 Å². The highest BCUT2D eigenvalue weighted by molar-refractivity contribution is 5.94. The summed E-state index contributed by atoms with van der Waals surface area (Å²) in [6.07, 6.45) is 1.91. The Morgan fingerprint density at radius 2 is 1.80 bits per heavy atom. The standard InChI is InChI=1S/C17H25N3/c1-12(17(2,3)4)20(5)16-15-9-7-6-8-14(15)13(10-18)11-19-16/h6-9,11-12H,10,18H2,1-5H3. The molecule has 2 aromatic rings. The summed E-state index contributed by atoms with van der Waals surface area (Å²) in [5, 5.41) is 2.38. The van der Waals surface area contributed by atoms with Gasteiger partial charge in [-0.3, -0.25) is 0 Å². The van der Waals surface area contributed by atoms with E-state index in [9.17, 15) is 0 Å². The van der Waals surface area contributed by atoms with Crippen molar-refractivity contribution >= 4 is 16.6 Å². The van der Waals surface area contributed by atoms with Crippen molar-refractivity contribution in [1.82, 2.24) is 4.98 Å². The Labute approximate surface area is 121 Å². The van der Waals surface area contributed by atoms with Gasteiger partial charge in [-0.1, -0.05) is 45.0 Å². The summed E-state index contributed by atoms with van der Waals surface area (Å²) in [6.45, 7) is 9.53. The Kier molecular flexibility index (Phi) is 4.00. The molecule has 1 unspecified atom stereocenters. The van der Waals surface area contributed by atoms with Gasteiger partial charge >= 0.3 is 0 Å². The molecule has 0 aliphatic heterocycles. The van der Waals surface area contributed by atoms with Crippen LogP contribution in [0, 0.1) is 5.41 Å². The van der Waals surface area contributed by atoms with E-state index in [0.717, 1.165) is 11.4 Å². The zero-order valence-electron chi connectivity index (χ0n) is 13.1. The quantitative estimate of drug-likeness (QED) is 0.928. The average Bonchev–Trinajstić information content (AvgIpc) is 2.43. The van der Waals surface area contributed by atoms with E-state index >= 15 is 0 Å². The monoisotopic (exact) mass is 271 g/mol. The lowest BCUT2D eigenvalue weighted by Gasteiger charge is -2.36. The molecular formula is C17H25N3. The molecule has 0 radical (unpaired) electrons. The maximum atomic E-state index is 5.82. The van der Waals surface area contributed by atoms with Crippen LogP contribution in [0.5, 0.6) is 0 Å². The fourth-order valence-corrected chi connectivity index (χ4v) is 2.44. The summed E-state index contributed by atoms with van der Waals surface area (Å²) >= 11 is 0. The van der Waals surface area contributed by atoms with Crippen LogP contribution < -0.4 is 10.6 Å². The summed E-state index contributed by atoms with van der Waals surface area (Å²) in [5.41, 5.74) is 7.11. The van der Waals surface area contributed by atoms with Crippen molar-refractivity contribution in [3.05, 3.63) is 36.0 Å². The molecule has 0 amide bonds. The van der Waals surface area contributed by atoms with Crippen molar-refractivity contribution in [3.63, 3.8) is 0 Å². The van der Waals surface area contributed by atoms with Crippen LogP contribution in [0.3, 0.4) is 0 Å². The summed E-state index contributed by atoms with van der Waals surface area (Å²) in [6, 6.07) is 8.75. The van der Waals surface area contributed by atoms with Crippen LogP contribution in [0.15, 0.2) is 30.5 Å². The van der Waals surface area contributed by atoms with Gasteiger partial charge in [0.05, 0.1) is 0 Å². The minimum Gasteiger partial charge on any atom is -0.356 e. The van der Waals surface area contributed by atoms with Crippen LogP contribution in [0.2, 0.25) is 0 Å². The van der Waals surface area contributed by atoms with Crippen molar-refractivity contribution in [2.24, 2.45) is 11.1 Å². The van der Waals surface area contributed by atoms with E-state index in [2.05, 4.69) is 68.9 Å². The smallest absolute Gasteiger partial charge is 0.136 e. The van der Waals surface area contributed by atoms with Crippen LogP contribution in [0.25, 0.3) is 10.8 Å². The van der Waals surface area contributed by atoms with Gasteiger partial charge in [0.25, 0.3) is 0 Å². The highest BCUT2D eigenvalue weighted by Gasteiger charge is 2.25. The van der Waals surface area contributed by atoms with Gasteiger partial charge in [-0.25, -0.2) is 4.98 Å². The van der Waals surface area contributed by atoms with Crippen molar-refractivity contribution in [3.8, 4) is 0 Å². The predicted octanol–water partition coefficient (Wildman–Crippen LogP) is 3.56. The lowest BCUT2D eigenvalue weighted by molar-refractivity contribution is 0.329. The maximum absolute atomic E-state index is 5.82. The lowest BCUT2D eigenvalue weighted by atomic mass is 9.87. The number of rotatable bonds is 3. The third-order valence-corrected chi connectivity index (χ3v) is 4.24. The van der Waals surface area contributed by atoms with Gasteiger partial charge in [0.2, 0.25) is 0 Å². The number of hydrogen-bond donors (Lipinski definition) is 1. The molecule has 1 aromatic carbocycles. The first-order valence-corrected chi connectivity index (χ1v) is 7.15. The molecule has 0 bridgehead atoms. The number of pyridine rings is 1. The Bertz CT molecular complexity index is 599. The molecule has 108 valence electrons. The number of nitrogens with two attached hydrogens (primary N) is 1. The fraction of sp³-hybridized carbons (Fsp3) is 0.471. The average molecular weight is 271 g/mol. The largest absolute Gasteiger partial charge is 0.356 e. The van der Waals surface area contributed by atoms with Gasteiger partial charge in [-0.05, 0) is 23.3 Å². The molecular weight excluding hydrogens is 246 g/mol. The van der Waals surface area contributed by atoms with Crippen molar-refractivity contribution in [1.29, 1.82) is 0 Å². The number of aromatic nitrogens is 1. The molecule has 0 fully saturated rings. The predicted molar refractivity (Wildman–Crippen MR) is 87.0 cm³/mol. The summed E-state index contributed by atoms with van der Waals surface area (Å²) in [7, 11) is 2.12. The molecule has 3 heteroatoms. The maximum Gasteiger partial charge on any atom is 0.136 e. The second-order valence-electron chi connectivity index (χ2n) is 6.51. The molecule has 1 heterocycles. The molecule has 0 saturated heterocycles. The van der Waals surface area contributed by atoms with E-state index in [1.165, 1.54) is 10.8 Å². The van der Waals surface area contributed by atoms with Crippen molar-refractivity contribution in [2.75, 3.05) is 11.9 Å². The van der Waals surface area contributed by atoms with E-state index in [-0.39, 0.29) is 5.41 Å². The first-order chi connectivity index (χ1) is 9.36.